The van der Waals surface area contributed by atoms with Crippen LogP contribution in [-0.2, 0) is 0 Å². The minimum absolute atomic E-state index is 0.0232. The molecular formula is C19H24N4O3. The average Bonchev–Trinajstić information content (AvgIpc) is 3.37. The van der Waals surface area contributed by atoms with E-state index >= 15 is 0 Å². The van der Waals surface area contributed by atoms with Crippen molar-refractivity contribution in [3.63, 3.8) is 0 Å². The smallest absolute Gasteiger partial charge is 0.259 e. The number of amides is 1. The Hall–Kier alpha value is -2.57. The Bertz CT molecular complexity index is 778. The van der Waals surface area contributed by atoms with Crippen molar-refractivity contribution >= 4 is 11.7 Å². The van der Waals surface area contributed by atoms with Gasteiger partial charge in [-0.2, -0.15) is 0 Å². The molecule has 0 N–H and O–H groups in total. The molecule has 138 valence electrons. The fourth-order valence-corrected chi connectivity index (χ4v) is 3.78. The SMILES string of the molecule is Cc1noc(C)c1C(=O)N1CC[C@H](Oc2cccnc2N2CCCC2)C1. The minimum atomic E-state index is -0.0293. The third-order valence-electron chi connectivity index (χ3n) is 5.13. The molecule has 0 saturated carbocycles. The van der Waals surface area contributed by atoms with Gasteiger partial charge >= 0.3 is 0 Å². The Labute approximate surface area is 152 Å². The number of likely N-dealkylation sites (tertiary alicyclic amines) is 1. The normalized spacial score (nSPS) is 20.0. The summed E-state index contributed by atoms with van der Waals surface area (Å²) >= 11 is 0. The molecule has 4 heterocycles. The largest absolute Gasteiger partial charge is 0.485 e. The molecule has 1 amide bonds. The molecule has 26 heavy (non-hydrogen) atoms. The Kier molecular flexibility index (Phi) is 4.53. The summed E-state index contributed by atoms with van der Waals surface area (Å²) in [6, 6.07) is 3.87. The zero-order valence-corrected chi connectivity index (χ0v) is 15.3. The molecule has 1 atom stereocenters. The van der Waals surface area contributed by atoms with Crippen LogP contribution >= 0.6 is 0 Å². The predicted molar refractivity (Wildman–Crippen MR) is 96.6 cm³/mol. The van der Waals surface area contributed by atoms with E-state index in [1.54, 1.807) is 13.8 Å². The Morgan fingerprint density at radius 2 is 2.08 bits per heavy atom. The highest BCUT2D eigenvalue weighted by molar-refractivity contribution is 5.96. The molecule has 0 spiro atoms. The summed E-state index contributed by atoms with van der Waals surface area (Å²) in [5.41, 5.74) is 1.21. The van der Waals surface area contributed by atoms with Crippen molar-refractivity contribution < 1.29 is 14.1 Å². The van der Waals surface area contributed by atoms with E-state index in [2.05, 4.69) is 15.0 Å². The van der Waals surface area contributed by atoms with Gasteiger partial charge in [-0.1, -0.05) is 5.16 Å². The topological polar surface area (TPSA) is 71.7 Å². The van der Waals surface area contributed by atoms with Crippen LogP contribution in [-0.4, -0.2) is 53.2 Å². The maximum atomic E-state index is 12.8. The third-order valence-corrected chi connectivity index (χ3v) is 5.13. The molecule has 0 bridgehead atoms. The average molecular weight is 356 g/mol. The Morgan fingerprint density at radius 1 is 1.27 bits per heavy atom. The number of pyridine rings is 1. The molecule has 2 saturated heterocycles. The molecule has 4 rings (SSSR count). The van der Waals surface area contributed by atoms with Gasteiger partial charge < -0.3 is 19.1 Å². The van der Waals surface area contributed by atoms with E-state index in [-0.39, 0.29) is 12.0 Å². The molecule has 2 fully saturated rings. The van der Waals surface area contributed by atoms with Crippen molar-refractivity contribution in [3.8, 4) is 5.75 Å². The van der Waals surface area contributed by atoms with Crippen LogP contribution in [0, 0.1) is 13.8 Å². The second kappa shape index (κ2) is 6.97. The highest BCUT2D eigenvalue weighted by Gasteiger charge is 2.32. The van der Waals surface area contributed by atoms with Crippen LogP contribution in [0.25, 0.3) is 0 Å². The van der Waals surface area contributed by atoms with Crippen molar-refractivity contribution in [1.82, 2.24) is 15.0 Å². The highest BCUT2D eigenvalue weighted by Crippen LogP contribution is 2.30. The molecule has 2 aliphatic rings. The van der Waals surface area contributed by atoms with Crippen LogP contribution in [0.3, 0.4) is 0 Å². The van der Waals surface area contributed by atoms with Gasteiger partial charge in [0.2, 0.25) is 0 Å². The lowest BCUT2D eigenvalue weighted by Gasteiger charge is -2.22. The second-order valence-corrected chi connectivity index (χ2v) is 7.00. The first-order chi connectivity index (χ1) is 12.6. The molecular weight excluding hydrogens is 332 g/mol. The first-order valence-electron chi connectivity index (χ1n) is 9.22. The van der Waals surface area contributed by atoms with Crippen molar-refractivity contribution in [2.24, 2.45) is 0 Å². The number of aryl methyl sites for hydroxylation is 2. The molecule has 0 aromatic carbocycles. The van der Waals surface area contributed by atoms with Gasteiger partial charge in [-0.3, -0.25) is 4.79 Å². The lowest BCUT2D eigenvalue weighted by molar-refractivity contribution is 0.0770. The monoisotopic (exact) mass is 356 g/mol. The number of anilines is 1. The molecule has 2 aliphatic heterocycles. The molecule has 2 aromatic rings. The first kappa shape index (κ1) is 16.9. The zero-order valence-electron chi connectivity index (χ0n) is 15.3. The van der Waals surface area contributed by atoms with Crippen molar-refractivity contribution in [3.05, 3.63) is 35.3 Å². The number of hydrogen-bond donors (Lipinski definition) is 0. The maximum absolute atomic E-state index is 12.8. The summed E-state index contributed by atoms with van der Waals surface area (Å²) in [5.74, 6) is 2.27. The second-order valence-electron chi connectivity index (χ2n) is 7.00. The summed E-state index contributed by atoms with van der Waals surface area (Å²) in [4.78, 5) is 21.4. The molecule has 0 aliphatic carbocycles. The molecule has 0 radical (unpaired) electrons. The minimum Gasteiger partial charge on any atom is -0.485 e. The van der Waals surface area contributed by atoms with Crippen molar-refractivity contribution in [2.75, 3.05) is 31.1 Å². The number of hydrogen-bond acceptors (Lipinski definition) is 6. The quantitative estimate of drug-likeness (QED) is 0.838. The van der Waals surface area contributed by atoms with E-state index in [1.165, 1.54) is 12.8 Å². The molecule has 2 aromatic heterocycles. The molecule has 0 unspecified atom stereocenters. The van der Waals surface area contributed by atoms with Gasteiger partial charge in [0.25, 0.3) is 5.91 Å². The lowest BCUT2D eigenvalue weighted by Crippen LogP contribution is -2.31. The van der Waals surface area contributed by atoms with Gasteiger partial charge in [-0.15, -0.1) is 0 Å². The van der Waals surface area contributed by atoms with Gasteiger partial charge in [0.05, 0.1) is 12.2 Å². The van der Waals surface area contributed by atoms with E-state index in [9.17, 15) is 4.79 Å². The van der Waals surface area contributed by atoms with Crippen LogP contribution in [0.1, 0.15) is 41.1 Å². The van der Waals surface area contributed by atoms with Gasteiger partial charge in [0, 0.05) is 32.3 Å². The predicted octanol–water partition coefficient (Wildman–Crippen LogP) is 2.58. The van der Waals surface area contributed by atoms with E-state index in [0.29, 0.717) is 30.1 Å². The van der Waals surface area contributed by atoms with Crippen LogP contribution < -0.4 is 9.64 Å². The summed E-state index contributed by atoms with van der Waals surface area (Å²) in [5, 5.41) is 3.88. The van der Waals surface area contributed by atoms with Crippen LogP contribution in [0.2, 0.25) is 0 Å². The molecule has 7 nitrogen and oxygen atoms in total. The standard InChI is InChI=1S/C19H24N4O3/c1-13-17(14(2)26-21-13)19(24)23-11-7-15(12-23)25-16-6-5-8-20-18(16)22-9-3-4-10-22/h5-6,8,15H,3-4,7,9-12H2,1-2H3/t15-/m0/s1. The molecule has 7 heteroatoms. The number of carbonyl (C=O) groups is 1. The zero-order chi connectivity index (χ0) is 18.1. The number of ether oxygens (including phenoxy) is 1. The lowest BCUT2D eigenvalue weighted by atomic mass is 10.2. The van der Waals surface area contributed by atoms with Crippen molar-refractivity contribution in [2.45, 2.75) is 39.2 Å². The van der Waals surface area contributed by atoms with E-state index in [1.807, 2.05) is 23.2 Å². The van der Waals surface area contributed by atoms with Crippen LogP contribution in [0.5, 0.6) is 5.75 Å². The van der Waals surface area contributed by atoms with Gasteiger partial charge in [0.1, 0.15) is 17.4 Å². The maximum Gasteiger partial charge on any atom is 0.259 e. The van der Waals surface area contributed by atoms with Gasteiger partial charge in [-0.05, 0) is 38.8 Å². The number of carbonyl (C=O) groups excluding carboxylic acids is 1. The Morgan fingerprint density at radius 3 is 2.81 bits per heavy atom. The van der Waals surface area contributed by atoms with Gasteiger partial charge in [-0.25, -0.2) is 4.98 Å². The van der Waals surface area contributed by atoms with Crippen LogP contribution in [0.4, 0.5) is 5.82 Å². The van der Waals surface area contributed by atoms with Crippen molar-refractivity contribution in [1.29, 1.82) is 0 Å². The Balaban J connectivity index is 1.45. The summed E-state index contributed by atoms with van der Waals surface area (Å²) in [6.45, 7) is 6.86. The fourth-order valence-electron chi connectivity index (χ4n) is 3.78. The third kappa shape index (κ3) is 3.13. The van der Waals surface area contributed by atoms with Crippen LogP contribution in [0.15, 0.2) is 22.9 Å². The fraction of sp³-hybridized carbons (Fsp3) is 0.526. The number of rotatable bonds is 4. The van der Waals surface area contributed by atoms with E-state index < -0.39 is 0 Å². The summed E-state index contributed by atoms with van der Waals surface area (Å²) in [7, 11) is 0. The first-order valence-corrected chi connectivity index (χ1v) is 9.22. The number of aromatic nitrogens is 2. The summed E-state index contributed by atoms with van der Waals surface area (Å²) in [6.07, 6.45) is 4.98. The number of nitrogens with zero attached hydrogens (tertiary/aromatic N) is 4. The van der Waals surface area contributed by atoms with Gasteiger partial charge in [0.15, 0.2) is 11.6 Å². The van der Waals surface area contributed by atoms with E-state index in [0.717, 1.165) is 31.1 Å². The summed E-state index contributed by atoms with van der Waals surface area (Å²) < 4.78 is 11.4. The highest BCUT2D eigenvalue weighted by atomic mass is 16.5. The van der Waals surface area contributed by atoms with E-state index in [4.69, 9.17) is 9.26 Å².